The molecule has 6 heteroatoms. The minimum absolute atomic E-state index is 0.0957. The highest BCUT2D eigenvalue weighted by atomic mass is 35.5. The van der Waals surface area contributed by atoms with Crippen LogP contribution in [0.15, 0.2) is 6.20 Å². The largest absolute Gasteiger partial charge is 0.408 e. The first kappa shape index (κ1) is 11.0. The number of hydrogen-bond donors (Lipinski definition) is 0. The van der Waals surface area contributed by atoms with Gasteiger partial charge >= 0.3 is 5.82 Å². The summed E-state index contributed by atoms with van der Waals surface area (Å²) in [5.74, 6) is 0.167. The molecule has 5 nitrogen and oxygen atoms in total. The van der Waals surface area contributed by atoms with E-state index in [-0.39, 0.29) is 10.8 Å². The van der Waals surface area contributed by atoms with Gasteiger partial charge in [0, 0.05) is 0 Å². The summed E-state index contributed by atoms with van der Waals surface area (Å²) in [5.41, 5.74) is 0. The molecular weight excluding hydrogens is 206 g/mol. The molecule has 0 radical (unpaired) electrons. The van der Waals surface area contributed by atoms with Crippen molar-refractivity contribution in [2.24, 2.45) is 5.92 Å². The Hall–Kier alpha value is -1.10. The molecule has 0 aliphatic carbocycles. The van der Waals surface area contributed by atoms with Gasteiger partial charge in [-0.3, -0.25) is 0 Å². The summed E-state index contributed by atoms with van der Waals surface area (Å²) in [6.45, 7) is 4.77. The van der Waals surface area contributed by atoms with Crippen LogP contribution in [0, 0.1) is 16.0 Å². The highest BCUT2D eigenvalue weighted by Crippen LogP contribution is 2.21. The molecule has 14 heavy (non-hydrogen) atoms. The number of aromatic nitrogens is 2. The van der Waals surface area contributed by atoms with E-state index in [9.17, 15) is 10.1 Å². The standard InChI is InChI=1S/C8H12ClN3O2/c1-3-6(2)4-11-5-7(9)8(10-11)12(13)14/h5-6H,3-4H2,1-2H3. The summed E-state index contributed by atoms with van der Waals surface area (Å²) in [6.07, 6.45) is 2.50. The lowest BCUT2D eigenvalue weighted by atomic mass is 10.1. The summed E-state index contributed by atoms with van der Waals surface area (Å²) < 4.78 is 1.52. The second-order valence-electron chi connectivity index (χ2n) is 3.29. The van der Waals surface area contributed by atoms with Crippen molar-refractivity contribution in [3.63, 3.8) is 0 Å². The normalized spacial score (nSPS) is 12.8. The van der Waals surface area contributed by atoms with E-state index in [4.69, 9.17) is 11.6 Å². The van der Waals surface area contributed by atoms with Gasteiger partial charge in [-0.15, -0.1) is 0 Å². The van der Waals surface area contributed by atoms with E-state index in [2.05, 4.69) is 18.9 Å². The fourth-order valence-electron chi connectivity index (χ4n) is 1.05. The Labute approximate surface area is 86.8 Å². The number of nitro groups is 1. The Kier molecular flexibility index (Phi) is 3.46. The minimum Gasteiger partial charge on any atom is -0.358 e. The molecule has 0 amide bonds. The minimum atomic E-state index is -0.574. The van der Waals surface area contributed by atoms with Crippen LogP contribution in [0.4, 0.5) is 5.82 Å². The molecule has 0 N–H and O–H groups in total. The quantitative estimate of drug-likeness (QED) is 0.575. The second-order valence-corrected chi connectivity index (χ2v) is 3.70. The SMILES string of the molecule is CCC(C)Cn1cc(Cl)c([N+](=O)[O-])n1. The molecule has 0 saturated heterocycles. The molecule has 0 fully saturated rings. The van der Waals surface area contributed by atoms with Crippen LogP contribution in [0.5, 0.6) is 0 Å². The first-order valence-corrected chi connectivity index (χ1v) is 4.79. The molecule has 0 bridgehead atoms. The van der Waals surface area contributed by atoms with Crippen molar-refractivity contribution >= 4 is 17.4 Å². The summed E-state index contributed by atoms with van der Waals surface area (Å²) >= 11 is 5.64. The maximum Gasteiger partial charge on any atom is 0.408 e. The molecule has 0 aliphatic rings. The van der Waals surface area contributed by atoms with Crippen LogP contribution >= 0.6 is 11.6 Å². The lowest BCUT2D eigenvalue weighted by Crippen LogP contribution is -2.07. The van der Waals surface area contributed by atoms with E-state index in [1.54, 1.807) is 0 Å². The first-order valence-electron chi connectivity index (χ1n) is 4.42. The van der Waals surface area contributed by atoms with Gasteiger partial charge in [0.1, 0.15) is 0 Å². The molecule has 0 aromatic carbocycles. The van der Waals surface area contributed by atoms with E-state index >= 15 is 0 Å². The average Bonchev–Trinajstić information content (AvgIpc) is 2.46. The smallest absolute Gasteiger partial charge is 0.358 e. The summed E-state index contributed by atoms with van der Waals surface area (Å²) in [6, 6.07) is 0. The van der Waals surface area contributed by atoms with Crippen LogP contribution in [0.2, 0.25) is 5.02 Å². The predicted molar refractivity (Wildman–Crippen MR) is 53.3 cm³/mol. The second kappa shape index (κ2) is 4.41. The Morgan fingerprint density at radius 1 is 1.79 bits per heavy atom. The summed E-state index contributed by atoms with van der Waals surface area (Å²) in [4.78, 5) is 9.86. The third kappa shape index (κ3) is 2.45. The third-order valence-corrected chi connectivity index (χ3v) is 2.33. The number of rotatable bonds is 4. The fraction of sp³-hybridized carbons (Fsp3) is 0.625. The molecule has 1 rings (SSSR count). The summed E-state index contributed by atoms with van der Waals surface area (Å²) in [7, 11) is 0. The van der Waals surface area contributed by atoms with E-state index in [0.717, 1.165) is 6.42 Å². The maximum atomic E-state index is 10.4. The van der Waals surface area contributed by atoms with Crippen molar-refractivity contribution in [1.82, 2.24) is 9.78 Å². The molecule has 1 atom stereocenters. The molecule has 1 aromatic rings. The Bertz CT molecular complexity index is 337. The van der Waals surface area contributed by atoms with Crippen molar-refractivity contribution in [2.75, 3.05) is 0 Å². The fourth-order valence-corrected chi connectivity index (χ4v) is 1.27. The van der Waals surface area contributed by atoms with Gasteiger partial charge in [-0.25, -0.2) is 0 Å². The number of hydrogen-bond acceptors (Lipinski definition) is 3. The van der Waals surface area contributed by atoms with E-state index in [1.165, 1.54) is 10.9 Å². The molecule has 0 saturated carbocycles. The van der Waals surface area contributed by atoms with Gasteiger partial charge < -0.3 is 10.1 Å². The molecular formula is C8H12ClN3O2. The van der Waals surface area contributed by atoms with Crippen LogP contribution in [-0.2, 0) is 6.54 Å². The van der Waals surface area contributed by atoms with Crippen molar-refractivity contribution in [1.29, 1.82) is 0 Å². The van der Waals surface area contributed by atoms with Gasteiger partial charge in [0.05, 0.1) is 17.8 Å². The van der Waals surface area contributed by atoms with Crippen molar-refractivity contribution < 1.29 is 4.92 Å². The van der Waals surface area contributed by atoms with Gasteiger partial charge in [0.2, 0.25) is 0 Å². The van der Waals surface area contributed by atoms with Gasteiger partial charge in [0.15, 0.2) is 5.02 Å². The van der Waals surface area contributed by atoms with Crippen molar-refractivity contribution in [3.8, 4) is 0 Å². The van der Waals surface area contributed by atoms with Crippen LogP contribution < -0.4 is 0 Å². The monoisotopic (exact) mass is 217 g/mol. The van der Waals surface area contributed by atoms with Crippen LogP contribution in [0.25, 0.3) is 0 Å². The molecule has 78 valence electrons. The number of halogens is 1. The maximum absolute atomic E-state index is 10.4. The van der Waals surface area contributed by atoms with E-state index < -0.39 is 4.92 Å². The highest BCUT2D eigenvalue weighted by molar-refractivity contribution is 6.32. The molecule has 1 unspecified atom stereocenters. The highest BCUT2D eigenvalue weighted by Gasteiger charge is 2.19. The van der Waals surface area contributed by atoms with Gasteiger partial charge in [0.25, 0.3) is 0 Å². The Balaban J connectivity index is 2.81. The predicted octanol–water partition coefficient (Wildman–Crippen LogP) is 2.49. The Morgan fingerprint density at radius 2 is 2.43 bits per heavy atom. The van der Waals surface area contributed by atoms with Crippen LogP contribution in [0.1, 0.15) is 20.3 Å². The lowest BCUT2D eigenvalue weighted by molar-refractivity contribution is -0.389. The summed E-state index contributed by atoms with van der Waals surface area (Å²) in [5, 5.41) is 14.3. The topological polar surface area (TPSA) is 61.0 Å². The molecule has 0 aliphatic heterocycles. The molecule has 1 aromatic heterocycles. The van der Waals surface area contributed by atoms with Crippen LogP contribution in [0.3, 0.4) is 0 Å². The zero-order chi connectivity index (χ0) is 10.7. The third-order valence-electron chi connectivity index (χ3n) is 2.07. The lowest BCUT2D eigenvalue weighted by Gasteiger charge is -2.03. The molecule has 1 heterocycles. The first-order chi connectivity index (χ1) is 6.54. The van der Waals surface area contributed by atoms with Gasteiger partial charge in [-0.05, 0) is 10.8 Å². The van der Waals surface area contributed by atoms with Crippen LogP contribution in [-0.4, -0.2) is 14.7 Å². The van der Waals surface area contributed by atoms with Crippen molar-refractivity contribution in [2.45, 2.75) is 26.8 Å². The van der Waals surface area contributed by atoms with Crippen molar-refractivity contribution in [3.05, 3.63) is 21.3 Å². The number of nitrogens with zero attached hydrogens (tertiary/aromatic N) is 3. The van der Waals surface area contributed by atoms with Gasteiger partial charge in [-0.2, -0.15) is 4.68 Å². The zero-order valence-electron chi connectivity index (χ0n) is 8.11. The Morgan fingerprint density at radius 3 is 2.86 bits per heavy atom. The van der Waals surface area contributed by atoms with E-state index in [0.29, 0.717) is 12.5 Å². The van der Waals surface area contributed by atoms with Gasteiger partial charge in [-0.1, -0.05) is 31.9 Å². The zero-order valence-corrected chi connectivity index (χ0v) is 8.86. The molecule has 0 spiro atoms. The average molecular weight is 218 g/mol. The van der Waals surface area contributed by atoms with E-state index in [1.807, 2.05) is 0 Å².